The van der Waals surface area contributed by atoms with Gasteiger partial charge in [0.25, 0.3) is 0 Å². The molecule has 0 saturated carbocycles. The summed E-state index contributed by atoms with van der Waals surface area (Å²) in [5.74, 6) is -8.19. The fourth-order valence-corrected chi connectivity index (χ4v) is 7.64. The maximum absolute atomic E-state index is 13.6. The lowest BCUT2D eigenvalue weighted by atomic mass is 9.96. The summed E-state index contributed by atoms with van der Waals surface area (Å²) in [5, 5.41) is 12.8. The molecule has 418 valence electrons. The third-order valence-corrected chi connectivity index (χ3v) is 10.4. The van der Waals surface area contributed by atoms with Crippen molar-refractivity contribution in [3.8, 4) is 0 Å². The zero-order chi connectivity index (χ0) is 55.3. The van der Waals surface area contributed by atoms with E-state index in [0.717, 1.165) is 41.5 Å². The van der Waals surface area contributed by atoms with Gasteiger partial charge in [-0.15, -0.1) is 0 Å². The quantitative estimate of drug-likeness (QED) is 0.0355. The zero-order valence-corrected chi connectivity index (χ0v) is 43.0. The number of amides is 5. The van der Waals surface area contributed by atoms with Gasteiger partial charge in [0.05, 0.1) is 26.2 Å². The Kier molecular flexibility index (Phi) is 25.3. The Labute approximate surface area is 426 Å². The largest absolute Gasteiger partial charge is 0.463 e. The van der Waals surface area contributed by atoms with Crippen molar-refractivity contribution in [2.75, 3.05) is 52.7 Å². The van der Waals surface area contributed by atoms with Crippen LogP contribution in [0.3, 0.4) is 0 Å². The number of nitrogens with one attached hydrogen (secondary N) is 5. The summed E-state index contributed by atoms with van der Waals surface area (Å²) < 4.78 is 72.1. The average Bonchev–Trinajstić information content (AvgIpc) is 3.64. The highest BCUT2D eigenvalue weighted by Gasteiger charge is 2.53. The molecule has 0 aromatic rings. The molecule has 0 aliphatic carbocycles. The number of carbonyl (C=O) groups is 11. The first-order chi connectivity index (χ1) is 34.7. The monoisotopic (exact) mass is 1060 g/mol. The van der Waals surface area contributed by atoms with Crippen LogP contribution in [0.25, 0.3) is 0 Å². The molecule has 0 aromatic carbocycles. The molecule has 3 aliphatic heterocycles. The van der Waals surface area contributed by atoms with Crippen molar-refractivity contribution in [2.24, 2.45) is 0 Å². The van der Waals surface area contributed by atoms with Gasteiger partial charge in [0.15, 0.2) is 42.8 Å². The molecule has 0 unspecified atom stereocenters. The molecule has 0 spiro atoms. The molecule has 3 heterocycles. The van der Waals surface area contributed by atoms with Crippen LogP contribution in [0, 0.1) is 0 Å². The molecule has 3 fully saturated rings. The van der Waals surface area contributed by atoms with E-state index in [-0.39, 0.29) is 52.4 Å². The molecule has 29 heteroatoms. The van der Waals surface area contributed by atoms with E-state index in [1.165, 1.54) is 13.8 Å². The van der Waals surface area contributed by atoms with E-state index in [0.29, 0.717) is 0 Å². The molecule has 3 saturated heterocycles. The van der Waals surface area contributed by atoms with E-state index in [1.54, 1.807) is 13.8 Å². The van der Waals surface area contributed by atoms with Crippen molar-refractivity contribution in [2.45, 2.75) is 168 Å². The van der Waals surface area contributed by atoms with Crippen LogP contribution < -0.4 is 26.6 Å². The van der Waals surface area contributed by atoms with Crippen molar-refractivity contribution in [3.63, 3.8) is 0 Å². The standard InChI is InChI=1S/C45H69N5O24/c1-22(51)48-35-39(70-28(7)57)37(68-26(5)55)32(20-64-24(3)53)72-42(35)62-15-11-13-46-34(59)17-31(50-44(61)66-18-30-19-67-45(9,10)74-30)41(60)47-14-12-16-63-43-36(49-23(2)52)40(71-29(8)58)38(69-27(6)56)33(73-43)21-65-25(4)54/h30-33,35-40,42-43H,11-21H2,1-10H3,(H,46,59)(H,47,60)(H,48,51)(H,49,52)(H,50,61)/t30-,31-,32+,33+,35+,36+,37-,38-,39+,40+,42+,43+/m0/s1. The van der Waals surface area contributed by atoms with Crippen molar-refractivity contribution in [1.29, 1.82) is 0 Å². The van der Waals surface area contributed by atoms with Crippen LogP contribution in [-0.4, -0.2) is 197 Å². The second kappa shape index (κ2) is 30.2. The Morgan fingerprint density at radius 2 is 0.986 bits per heavy atom. The average molecular weight is 1060 g/mol. The van der Waals surface area contributed by atoms with E-state index >= 15 is 0 Å². The number of ether oxygens (including phenoxy) is 13. The lowest BCUT2D eigenvalue weighted by molar-refractivity contribution is -0.277. The minimum Gasteiger partial charge on any atom is -0.463 e. The van der Waals surface area contributed by atoms with E-state index in [9.17, 15) is 52.7 Å². The van der Waals surface area contributed by atoms with Gasteiger partial charge in [-0.05, 0) is 26.7 Å². The highest BCUT2D eigenvalue weighted by atomic mass is 16.8. The van der Waals surface area contributed by atoms with Crippen LogP contribution in [0.1, 0.15) is 88.5 Å². The van der Waals surface area contributed by atoms with Gasteiger partial charge in [-0.1, -0.05) is 0 Å². The first-order valence-electron chi connectivity index (χ1n) is 23.6. The highest BCUT2D eigenvalue weighted by Crippen LogP contribution is 2.30. The molecule has 29 nitrogen and oxygen atoms in total. The Bertz CT molecular complexity index is 1990. The number of esters is 6. The minimum atomic E-state index is -1.50. The number of rotatable bonds is 26. The van der Waals surface area contributed by atoms with E-state index in [4.69, 9.17) is 61.6 Å². The summed E-state index contributed by atoms with van der Waals surface area (Å²) in [5.41, 5.74) is 0. The summed E-state index contributed by atoms with van der Waals surface area (Å²) in [7, 11) is 0. The Morgan fingerprint density at radius 1 is 0.554 bits per heavy atom. The van der Waals surface area contributed by atoms with E-state index in [1.807, 2.05) is 0 Å². The Hall–Kier alpha value is -6.27. The SMILES string of the molecule is CC(=O)N[C@H]1[C@H](OCCCNC(=O)C[C@H](NC(=O)OC[C@H]2COC(C)(C)O2)C(=O)NCCCO[C@@H]2O[C@H](COC(C)=O)[C@H](OC(C)=O)[C@H](OC(C)=O)[C@H]2NC(C)=O)O[C@H](COC(C)=O)[C@H](OC(C)=O)[C@@H]1OC(C)=O. The van der Waals surface area contributed by atoms with Crippen molar-refractivity contribution >= 4 is 65.5 Å². The van der Waals surface area contributed by atoms with Crippen LogP contribution >= 0.6 is 0 Å². The van der Waals surface area contributed by atoms with Gasteiger partial charge in [-0.25, -0.2) is 4.79 Å². The van der Waals surface area contributed by atoms with Crippen LogP contribution in [0.4, 0.5) is 4.79 Å². The van der Waals surface area contributed by atoms with Gasteiger partial charge < -0.3 is 88.2 Å². The summed E-state index contributed by atoms with van der Waals surface area (Å²) in [6.45, 7) is 10.8. The fraction of sp³-hybridized carbons (Fsp3) is 0.756. The summed E-state index contributed by atoms with van der Waals surface area (Å²) >= 11 is 0. The highest BCUT2D eigenvalue weighted by molar-refractivity contribution is 5.91. The summed E-state index contributed by atoms with van der Waals surface area (Å²) in [4.78, 5) is 136. The molecule has 3 rings (SSSR count). The molecule has 74 heavy (non-hydrogen) atoms. The minimum absolute atomic E-state index is 0.0564. The first kappa shape index (κ1) is 62.0. The molecular formula is C45H69N5O24. The number of alkyl carbamates (subject to hydrolysis) is 1. The van der Waals surface area contributed by atoms with Crippen molar-refractivity contribution < 1.29 is 114 Å². The van der Waals surface area contributed by atoms with Gasteiger partial charge in [0.2, 0.25) is 23.6 Å². The van der Waals surface area contributed by atoms with Crippen LogP contribution in [0.5, 0.6) is 0 Å². The number of carbonyl (C=O) groups excluding carboxylic acids is 11. The molecule has 0 bridgehead atoms. The van der Waals surface area contributed by atoms with Crippen molar-refractivity contribution in [1.82, 2.24) is 26.6 Å². The molecular weight excluding hydrogens is 995 g/mol. The van der Waals surface area contributed by atoms with Gasteiger partial charge in [0.1, 0.15) is 56.3 Å². The van der Waals surface area contributed by atoms with Gasteiger partial charge >= 0.3 is 41.9 Å². The summed E-state index contributed by atoms with van der Waals surface area (Å²) in [6, 6.07) is -3.97. The van der Waals surface area contributed by atoms with Gasteiger partial charge in [0, 0.05) is 68.5 Å². The van der Waals surface area contributed by atoms with E-state index in [2.05, 4.69) is 26.6 Å². The summed E-state index contributed by atoms with van der Waals surface area (Å²) in [6.07, 6.45) is -12.7. The maximum atomic E-state index is 13.6. The van der Waals surface area contributed by atoms with Gasteiger partial charge in [-0.2, -0.15) is 0 Å². The predicted molar refractivity (Wildman–Crippen MR) is 243 cm³/mol. The van der Waals surface area contributed by atoms with E-state index < -0.39 is 164 Å². The fourth-order valence-electron chi connectivity index (χ4n) is 7.64. The van der Waals surface area contributed by atoms with Crippen molar-refractivity contribution in [3.05, 3.63) is 0 Å². The molecule has 3 aliphatic rings. The third-order valence-electron chi connectivity index (χ3n) is 10.4. The first-order valence-corrected chi connectivity index (χ1v) is 23.6. The maximum Gasteiger partial charge on any atom is 0.407 e. The molecule has 0 aromatic heterocycles. The molecule has 12 atom stereocenters. The Morgan fingerprint density at radius 3 is 1.38 bits per heavy atom. The molecule has 5 amide bonds. The second-order valence-corrected chi connectivity index (χ2v) is 17.5. The number of hydrogen-bond acceptors (Lipinski definition) is 24. The van der Waals surface area contributed by atoms with Crippen LogP contribution in [0.2, 0.25) is 0 Å². The van der Waals surface area contributed by atoms with Gasteiger partial charge in [-0.3, -0.25) is 47.9 Å². The predicted octanol–water partition coefficient (Wildman–Crippen LogP) is -2.02. The molecule has 5 N–H and O–H groups in total. The van der Waals surface area contributed by atoms with Crippen LogP contribution in [-0.2, 0) is 110 Å². The third kappa shape index (κ3) is 22.1. The lowest BCUT2D eigenvalue weighted by Crippen LogP contribution is -2.66. The van der Waals surface area contributed by atoms with Crippen LogP contribution in [0.15, 0.2) is 0 Å². The zero-order valence-electron chi connectivity index (χ0n) is 43.0. The topological polar surface area (TPSA) is 368 Å². The Balaban J connectivity index is 1.68. The second-order valence-electron chi connectivity index (χ2n) is 17.5. The molecule has 0 radical (unpaired) electrons. The smallest absolute Gasteiger partial charge is 0.407 e. The lowest BCUT2D eigenvalue weighted by Gasteiger charge is -2.44. The number of hydrogen-bond donors (Lipinski definition) is 5. The normalized spacial score (nSPS) is 26.3.